The molecule has 166 valence electrons. The van der Waals surface area contributed by atoms with Gasteiger partial charge in [-0.1, -0.05) is 18.2 Å². The molecule has 1 aromatic carbocycles. The van der Waals surface area contributed by atoms with Crippen molar-refractivity contribution >= 4 is 39.1 Å². The predicted octanol–water partition coefficient (Wildman–Crippen LogP) is 5.86. The molecule has 0 bridgehead atoms. The van der Waals surface area contributed by atoms with Gasteiger partial charge < -0.3 is 14.5 Å². The van der Waals surface area contributed by atoms with E-state index in [9.17, 15) is 14.9 Å². The summed E-state index contributed by atoms with van der Waals surface area (Å²) in [4.78, 5) is 30.7. The minimum absolute atomic E-state index is 0.240. The number of hydrogen-bond acceptors (Lipinski definition) is 7. The van der Waals surface area contributed by atoms with Gasteiger partial charge in [0.2, 0.25) is 0 Å². The van der Waals surface area contributed by atoms with Crippen LogP contribution in [-0.2, 0) is 4.74 Å². The van der Waals surface area contributed by atoms with Crippen molar-refractivity contribution < 1.29 is 18.7 Å². The van der Waals surface area contributed by atoms with Gasteiger partial charge in [-0.2, -0.15) is 5.26 Å². The summed E-state index contributed by atoms with van der Waals surface area (Å²) < 4.78 is 11.0. The molecule has 0 saturated heterocycles. The molecule has 0 unspecified atom stereocenters. The monoisotopic (exact) mass is 459 g/mol. The van der Waals surface area contributed by atoms with Crippen LogP contribution in [0, 0.1) is 25.2 Å². The van der Waals surface area contributed by atoms with Crippen LogP contribution in [0.4, 0.5) is 5.00 Å². The highest BCUT2D eigenvalue weighted by Crippen LogP contribution is 2.34. The van der Waals surface area contributed by atoms with E-state index in [1.54, 1.807) is 32.9 Å². The van der Waals surface area contributed by atoms with E-state index in [-0.39, 0.29) is 11.7 Å². The van der Waals surface area contributed by atoms with Crippen molar-refractivity contribution in [3.05, 3.63) is 69.8 Å². The van der Waals surface area contributed by atoms with Crippen LogP contribution in [0.15, 0.2) is 46.9 Å². The number of para-hydroxylation sites is 1. The fourth-order valence-corrected chi connectivity index (χ4v) is 4.47. The van der Waals surface area contributed by atoms with E-state index in [2.05, 4.69) is 16.4 Å². The first-order valence-electron chi connectivity index (χ1n) is 10.3. The number of amides is 1. The summed E-state index contributed by atoms with van der Waals surface area (Å²) in [5, 5.41) is 13.4. The largest absolute Gasteiger partial charge is 0.460 e. The number of anilines is 1. The first kappa shape index (κ1) is 22.2. The van der Waals surface area contributed by atoms with E-state index in [1.807, 2.05) is 37.3 Å². The molecule has 0 aliphatic heterocycles. The number of thiophene rings is 1. The Morgan fingerprint density at radius 2 is 1.94 bits per heavy atom. The number of benzene rings is 1. The van der Waals surface area contributed by atoms with E-state index < -0.39 is 11.9 Å². The lowest BCUT2D eigenvalue weighted by Gasteiger charge is -2.09. The number of aromatic nitrogens is 1. The molecule has 1 N–H and O–H groups in total. The Labute approximate surface area is 194 Å². The maximum atomic E-state index is 13.4. The molecule has 0 atom stereocenters. The zero-order valence-electron chi connectivity index (χ0n) is 18.6. The van der Waals surface area contributed by atoms with Crippen LogP contribution < -0.4 is 5.32 Å². The molecule has 0 spiro atoms. The number of carbonyl (C=O) groups is 2. The Balaban J connectivity index is 1.76. The van der Waals surface area contributed by atoms with Gasteiger partial charge >= 0.3 is 5.97 Å². The Bertz CT molecular complexity index is 1430. The molecule has 7 nitrogen and oxygen atoms in total. The lowest BCUT2D eigenvalue weighted by molar-refractivity contribution is 0.0383. The molecule has 3 heterocycles. The van der Waals surface area contributed by atoms with Crippen LogP contribution in [0.5, 0.6) is 0 Å². The highest BCUT2D eigenvalue weighted by atomic mass is 32.1. The fourth-order valence-electron chi connectivity index (χ4n) is 3.43. The number of hydrogen-bond donors (Lipinski definition) is 1. The number of ether oxygens (including phenoxy) is 1. The SMILES string of the molecule is Cc1ccc(-c2cc(C(=O)Nc3sc(C(=O)OC(C)C)c(C)c3C#N)c3ccccc3n2)o1. The molecule has 0 saturated carbocycles. The lowest BCUT2D eigenvalue weighted by atomic mass is 10.1. The van der Waals surface area contributed by atoms with Gasteiger partial charge in [-0.3, -0.25) is 4.79 Å². The van der Waals surface area contributed by atoms with E-state index in [1.165, 1.54) is 0 Å². The maximum absolute atomic E-state index is 13.4. The van der Waals surface area contributed by atoms with E-state index >= 15 is 0 Å². The molecule has 33 heavy (non-hydrogen) atoms. The van der Waals surface area contributed by atoms with Crippen molar-refractivity contribution in [2.75, 3.05) is 5.32 Å². The zero-order valence-corrected chi connectivity index (χ0v) is 19.4. The van der Waals surface area contributed by atoms with Gasteiger partial charge in [0.1, 0.15) is 27.4 Å². The molecule has 0 aliphatic carbocycles. The second-order valence-electron chi connectivity index (χ2n) is 7.76. The third-order valence-corrected chi connectivity index (χ3v) is 6.15. The van der Waals surface area contributed by atoms with Gasteiger partial charge in [-0.15, -0.1) is 11.3 Å². The van der Waals surface area contributed by atoms with Crippen molar-refractivity contribution in [3.63, 3.8) is 0 Å². The number of rotatable bonds is 5. The van der Waals surface area contributed by atoms with Crippen LogP contribution in [0.25, 0.3) is 22.4 Å². The first-order valence-corrected chi connectivity index (χ1v) is 11.1. The number of furan rings is 1. The van der Waals surface area contributed by atoms with Gasteiger partial charge in [0.15, 0.2) is 5.76 Å². The standard InChI is InChI=1S/C25H21N3O4S/c1-13(2)31-25(30)22-15(4)18(12-26)24(33-22)28-23(29)17-11-20(21-10-9-14(3)32-21)27-19-8-6-5-7-16(17)19/h5-11,13H,1-4H3,(H,28,29). The summed E-state index contributed by atoms with van der Waals surface area (Å²) in [7, 11) is 0. The highest BCUT2D eigenvalue weighted by molar-refractivity contribution is 7.18. The van der Waals surface area contributed by atoms with E-state index in [0.29, 0.717) is 43.4 Å². The summed E-state index contributed by atoms with van der Waals surface area (Å²) in [6.45, 7) is 7.01. The summed E-state index contributed by atoms with van der Waals surface area (Å²) in [6.07, 6.45) is -0.297. The van der Waals surface area contributed by atoms with Crippen LogP contribution in [0.2, 0.25) is 0 Å². The topological polar surface area (TPSA) is 105 Å². The quantitative estimate of drug-likeness (QED) is 0.375. The zero-order chi connectivity index (χ0) is 23.7. The third kappa shape index (κ3) is 4.36. The van der Waals surface area contributed by atoms with Crippen molar-refractivity contribution in [3.8, 4) is 17.5 Å². The summed E-state index contributed by atoms with van der Waals surface area (Å²) in [5.41, 5.74) is 2.26. The first-order chi connectivity index (χ1) is 15.8. The van der Waals surface area contributed by atoms with Gasteiger partial charge in [-0.25, -0.2) is 9.78 Å². The van der Waals surface area contributed by atoms with Gasteiger partial charge in [0, 0.05) is 5.39 Å². The fraction of sp³-hybridized carbons (Fsp3) is 0.200. The molecule has 4 rings (SSSR count). The molecule has 3 aromatic heterocycles. The number of pyridine rings is 1. The number of carbonyl (C=O) groups excluding carboxylic acids is 2. The summed E-state index contributed by atoms with van der Waals surface area (Å²) in [6, 6.07) is 14.7. The van der Waals surface area contributed by atoms with Crippen LogP contribution in [-0.4, -0.2) is 23.0 Å². The van der Waals surface area contributed by atoms with Crippen molar-refractivity contribution in [2.45, 2.75) is 33.8 Å². The number of nitrogens with one attached hydrogen (secondary N) is 1. The number of nitrogens with zero attached hydrogens (tertiary/aromatic N) is 2. The smallest absolute Gasteiger partial charge is 0.348 e. The Morgan fingerprint density at radius 1 is 1.18 bits per heavy atom. The molecular formula is C25H21N3O4S. The van der Waals surface area contributed by atoms with Crippen molar-refractivity contribution in [1.29, 1.82) is 5.26 Å². The minimum Gasteiger partial charge on any atom is -0.460 e. The second kappa shape index (κ2) is 8.88. The predicted molar refractivity (Wildman–Crippen MR) is 126 cm³/mol. The van der Waals surface area contributed by atoms with Gasteiger partial charge in [0.05, 0.1) is 22.7 Å². The van der Waals surface area contributed by atoms with E-state index in [0.717, 1.165) is 17.1 Å². The molecule has 8 heteroatoms. The molecule has 0 fully saturated rings. The maximum Gasteiger partial charge on any atom is 0.348 e. The van der Waals surface area contributed by atoms with E-state index in [4.69, 9.17) is 9.15 Å². The number of esters is 1. The van der Waals surface area contributed by atoms with Crippen LogP contribution >= 0.6 is 11.3 Å². The molecule has 1 amide bonds. The Morgan fingerprint density at radius 3 is 2.61 bits per heavy atom. The Kier molecular flexibility index (Phi) is 5.99. The number of fused-ring (bicyclic) bond motifs is 1. The third-order valence-electron chi connectivity index (χ3n) is 4.97. The number of nitriles is 1. The highest BCUT2D eigenvalue weighted by Gasteiger charge is 2.24. The average molecular weight is 460 g/mol. The molecule has 0 radical (unpaired) electrons. The van der Waals surface area contributed by atoms with Gasteiger partial charge in [-0.05, 0) is 57.5 Å². The molecular weight excluding hydrogens is 438 g/mol. The van der Waals surface area contributed by atoms with Crippen LogP contribution in [0.3, 0.4) is 0 Å². The molecule has 4 aromatic rings. The van der Waals surface area contributed by atoms with Crippen LogP contribution in [0.1, 0.15) is 50.8 Å². The summed E-state index contributed by atoms with van der Waals surface area (Å²) in [5.74, 6) is 0.351. The number of aryl methyl sites for hydroxylation is 1. The average Bonchev–Trinajstić information content (AvgIpc) is 3.35. The lowest BCUT2D eigenvalue weighted by Crippen LogP contribution is -2.13. The van der Waals surface area contributed by atoms with Crippen molar-refractivity contribution in [2.24, 2.45) is 0 Å². The minimum atomic E-state index is -0.519. The Hall–Kier alpha value is -3.96. The molecule has 0 aliphatic rings. The summed E-state index contributed by atoms with van der Waals surface area (Å²) >= 11 is 1.03. The van der Waals surface area contributed by atoms with Gasteiger partial charge in [0.25, 0.3) is 5.91 Å². The normalized spacial score (nSPS) is 10.9. The van der Waals surface area contributed by atoms with Crippen molar-refractivity contribution in [1.82, 2.24) is 4.98 Å². The second-order valence-corrected chi connectivity index (χ2v) is 8.78.